The van der Waals surface area contributed by atoms with Gasteiger partial charge < -0.3 is 9.47 Å². The van der Waals surface area contributed by atoms with Crippen LogP contribution in [-0.4, -0.2) is 18.4 Å². The molecule has 0 aromatic heterocycles. The van der Waals surface area contributed by atoms with Crippen molar-refractivity contribution in [1.82, 2.24) is 0 Å². The first-order valence-corrected chi connectivity index (χ1v) is 10.1. The Kier molecular flexibility index (Phi) is 7.00. The summed E-state index contributed by atoms with van der Waals surface area (Å²) in [6.45, 7) is 13.5. The molecule has 0 amide bonds. The third-order valence-corrected chi connectivity index (χ3v) is 6.42. The van der Waals surface area contributed by atoms with E-state index in [4.69, 9.17) is 9.47 Å². The Morgan fingerprint density at radius 2 is 1.12 bits per heavy atom. The highest BCUT2D eigenvalue weighted by Crippen LogP contribution is 2.37. The van der Waals surface area contributed by atoms with Gasteiger partial charge >= 0.3 is 6.16 Å². The molecule has 3 heteroatoms. The van der Waals surface area contributed by atoms with E-state index < -0.39 is 6.16 Å². The first kappa shape index (κ1) is 19.6. The predicted molar refractivity (Wildman–Crippen MR) is 97.8 cm³/mol. The van der Waals surface area contributed by atoms with E-state index in [9.17, 15) is 4.79 Å². The first-order chi connectivity index (χ1) is 11.3. The number of carbonyl (C=O) groups excluding carboxylic acids is 1. The van der Waals surface area contributed by atoms with Crippen LogP contribution in [0.1, 0.15) is 80.1 Å². The molecular weight excluding hydrogens is 300 g/mol. The van der Waals surface area contributed by atoms with Crippen LogP contribution in [-0.2, 0) is 9.47 Å². The fourth-order valence-electron chi connectivity index (χ4n) is 4.78. The van der Waals surface area contributed by atoms with E-state index >= 15 is 0 Å². The fraction of sp³-hybridized carbons (Fsp3) is 0.952. The van der Waals surface area contributed by atoms with Crippen LogP contribution in [0.25, 0.3) is 0 Å². The van der Waals surface area contributed by atoms with Crippen LogP contribution in [0.5, 0.6) is 0 Å². The fourth-order valence-corrected chi connectivity index (χ4v) is 4.78. The second-order valence-corrected chi connectivity index (χ2v) is 9.21. The molecule has 140 valence electrons. The molecule has 0 bridgehead atoms. The molecule has 0 aromatic carbocycles. The Morgan fingerprint density at radius 1 is 0.750 bits per heavy atom. The minimum Gasteiger partial charge on any atom is -0.431 e. The summed E-state index contributed by atoms with van der Waals surface area (Å²) in [5.74, 6) is 3.31. The first-order valence-electron chi connectivity index (χ1n) is 10.1. The molecule has 2 rings (SSSR count). The van der Waals surface area contributed by atoms with E-state index in [1.54, 1.807) is 0 Å². The van der Waals surface area contributed by atoms with Gasteiger partial charge in [0.1, 0.15) is 12.2 Å². The second-order valence-electron chi connectivity index (χ2n) is 9.21. The summed E-state index contributed by atoms with van der Waals surface area (Å²) in [6.07, 6.45) is 6.39. The number of ether oxygens (including phenoxy) is 2. The van der Waals surface area contributed by atoms with E-state index in [-0.39, 0.29) is 12.2 Å². The highest BCUT2D eigenvalue weighted by Gasteiger charge is 2.37. The van der Waals surface area contributed by atoms with Gasteiger partial charge in [0.15, 0.2) is 0 Å². The van der Waals surface area contributed by atoms with Gasteiger partial charge in [0.25, 0.3) is 0 Å². The van der Waals surface area contributed by atoms with Crippen molar-refractivity contribution in [2.75, 3.05) is 0 Å². The number of hydrogen-bond acceptors (Lipinski definition) is 3. The summed E-state index contributed by atoms with van der Waals surface area (Å²) >= 11 is 0. The molecule has 24 heavy (non-hydrogen) atoms. The molecule has 0 unspecified atom stereocenters. The lowest BCUT2D eigenvalue weighted by atomic mass is 9.75. The highest BCUT2D eigenvalue weighted by molar-refractivity contribution is 5.60. The zero-order valence-electron chi connectivity index (χ0n) is 16.6. The van der Waals surface area contributed by atoms with Gasteiger partial charge in [-0.15, -0.1) is 0 Å². The molecule has 0 spiro atoms. The number of rotatable bonds is 4. The molecule has 0 radical (unpaired) electrons. The lowest BCUT2D eigenvalue weighted by molar-refractivity contribution is -0.0697. The summed E-state index contributed by atoms with van der Waals surface area (Å²) in [5, 5.41) is 0. The molecule has 2 aliphatic rings. The van der Waals surface area contributed by atoms with Gasteiger partial charge in [-0.05, 0) is 61.2 Å². The number of hydrogen-bond donors (Lipinski definition) is 0. The summed E-state index contributed by atoms with van der Waals surface area (Å²) in [4.78, 5) is 12.5. The average Bonchev–Trinajstić information content (AvgIpc) is 2.46. The molecule has 0 heterocycles. The molecule has 0 saturated heterocycles. The summed E-state index contributed by atoms with van der Waals surface area (Å²) in [6, 6.07) is 0. The molecule has 2 aliphatic carbocycles. The Labute approximate surface area is 148 Å². The van der Waals surface area contributed by atoms with Crippen LogP contribution in [0.3, 0.4) is 0 Å². The molecule has 2 saturated carbocycles. The van der Waals surface area contributed by atoms with Crippen LogP contribution in [0.4, 0.5) is 4.79 Å². The van der Waals surface area contributed by atoms with E-state index in [1.165, 1.54) is 12.8 Å². The monoisotopic (exact) mass is 338 g/mol. The quantitative estimate of drug-likeness (QED) is 0.584. The molecule has 3 nitrogen and oxygen atoms in total. The lowest BCUT2D eigenvalue weighted by Crippen LogP contribution is -2.39. The van der Waals surface area contributed by atoms with E-state index in [0.717, 1.165) is 25.7 Å². The highest BCUT2D eigenvalue weighted by atomic mass is 16.7. The standard InChI is InChI=1S/C21H38O3/c1-13(2)17-9-7-15(5)11-19(17)23-21(22)24-20-12-16(6)8-10-18(20)14(3)4/h13-20H,7-12H2,1-6H3/t15-,16+,17-,18-,19+,20+/m0/s1. The molecule has 0 aliphatic heterocycles. The van der Waals surface area contributed by atoms with Crippen LogP contribution in [0.15, 0.2) is 0 Å². The summed E-state index contributed by atoms with van der Waals surface area (Å²) in [7, 11) is 0. The molecule has 0 N–H and O–H groups in total. The molecule has 0 aromatic rings. The maximum atomic E-state index is 12.5. The minimum atomic E-state index is -0.426. The Bertz CT molecular complexity index is 368. The topological polar surface area (TPSA) is 35.5 Å². The Morgan fingerprint density at radius 3 is 1.46 bits per heavy atom. The largest absolute Gasteiger partial charge is 0.508 e. The van der Waals surface area contributed by atoms with Gasteiger partial charge in [0, 0.05) is 0 Å². The lowest BCUT2D eigenvalue weighted by Gasteiger charge is -2.38. The zero-order valence-corrected chi connectivity index (χ0v) is 16.6. The second kappa shape index (κ2) is 8.58. The minimum absolute atomic E-state index is 0.0276. The van der Waals surface area contributed by atoms with Crippen molar-refractivity contribution in [3.05, 3.63) is 0 Å². The van der Waals surface area contributed by atoms with E-state index in [0.29, 0.717) is 35.5 Å². The van der Waals surface area contributed by atoms with Crippen molar-refractivity contribution in [1.29, 1.82) is 0 Å². The van der Waals surface area contributed by atoms with Gasteiger partial charge in [-0.1, -0.05) is 54.4 Å². The molecular formula is C21H38O3. The van der Waals surface area contributed by atoms with Gasteiger partial charge in [0.2, 0.25) is 0 Å². The summed E-state index contributed by atoms with van der Waals surface area (Å²) < 4.78 is 11.7. The van der Waals surface area contributed by atoms with Crippen LogP contribution < -0.4 is 0 Å². The van der Waals surface area contributed by atoms with E-state index in [2.05, 4.69) is 41.5 Å². The number of carbonyl (C=O) groups is 1. The summed E-state index contributed by atoms with van der Waals surface area (Å²) in [5.41, 5.74) is 0. The smallest absolute Gasteiger partial charge is 0.431 e. The Hall–Kier alpha value is -0.730. The van der Waals surface area contributed by atoms with Crippen LogP contribution >= 0.6 is 0 Å². The van der Waals surface area contributed by atoms with Crippen molar-refractivity contribution in [3.63, 3.8) is 0 Å². The van der Waals surface area contributed by atoms with Gasteiger partial charge in [-0.3, -0.25) is 0 Å². The predicted octanol–water partition coefficient (Wildman–Crippen LogP) is 6.06. The zero-order chi connectivity index (χ0) is 17.9. The van der Waals surface area contributed by atoms with Crippen molar-refractivity contribution < 1.29 is 14.3 Å². The molecule has 2 fully saturated rings. The van der Waals surface area contributed by atoms with Crippen LogP contribution in [0, 0.1) is 35.5 Å². The van der Waals surface area contributed by atoms with Crippen molar-refractivity contribution in [2.45, 2.75) is 92.3 Å². The van der Waals surface area contributed by atoms with Gasteiger partial charge in [0.05, 0.1) is 0 Å². The SMILES string of the molecule is CC(C)[C@@H]1CC[C@@H](C)C[C@H]1OC(=O)O[C@@H]1C[C@@H](C)CC[C@H]1C(C)C. The van der Waals surface area contributed by atoms with Gasteiger partial charge in [-0.25, -0.2) is 4.79 Å². The van der Waals surface area contributed by atoms with Crippen molar-refractivity contribution >= 4 is 6.16 Å². The van der Waals surface area contributed by atoms with Gasteiger partial charge in [-0.2, -0.15) is 0 Å². The third kappa shape index (κ3) is 5.13. The normalized spacial score (nSPS) is 37.5. The van der Waals surface area contributed by atoms with E-state index in [1.807, 2.05) is 0 Å². The average molecular weight is 339 g/mol. The maximum Gasteiger partial charge on any atom is 0.508 e. The molecule has 6 atom stereocenters. The van der Waals surface area contributed by atoms with Crippen LogP contribution in [0.2, 0.25) is 0 Å². The van der Waals surface area contributed by atoms with Crippen molar-refractivity contribution in [3.8, 4) is 0 Å². The third-order valence-electron chi connectivity index (χ3n) is 6.42. The Balaban J connectivity index is 1.94. The van der Waals surface area contributed by atoms with Crippen molar-refractivity contribution in [2.24, 2.45) is 35.5 Å². The maximum absolute atomic E-state index is 12.5.